The normalized spacial score (nSPS) is 14.5. The second kappa shape index (κ2) is 4.01. The molecular weight excluding hydrogens is 230 g/mol. The van der Waals surface area contributed by atoms with E-state index in [0.29, 0.717) is 18.8 Å². The summed E-state index contributed by atoms with van der Waals surface area (Å²) in [5.74, 6) is 0. The summed E-state index contributed by atoms with van der Waals surface area (Å²) in [7, 11) is 0. The molecule has 1 aliphatic heterocycles. The van der Waals surface area contributed by atoms with Gasteiger partial charge in [-0.25, -0.2) is 23.5 Å². The van der Waals surface area contributed by atoms with Crippen LogP contribution in [0.4, 0.5) is 0 Å². The van der Waals surface area contributed by atoms with Gasteiger partial charge in [0.25, 0.3) is 0 Å². The lowest BCUT2D eigenvalue weighted by Crippen LogP contribution is -2.30. The maximum Gasteiger partial charge on any atom is 0.351 e. The number of fused-ring (bicyclic) bond motifs is 1. The number of aromatic nitrogens is 3. The lowest BCUT2D eigenvalue weighted by Gasteiger charge is -2.13. The van der Waals surface area contributed by atoms with Crippen molar-refractivity contribution in [1.29, 1.82) is 0 Å². The molecule has 0 amide bonds. The fraction of sp³-hybridized carbons (Fsp3) is 0.385. The maximum absolute atomic E-state index is 12.3. The molecule has 0 spiro atoms. The fourth-order valence-corrected chi connectivity index (χ4v) is 2.46. The molecule has 1 aliphatic rings. The van der Waals surface area contributed by atoms with E-state index in [9.17, 15) is 9.59 Å². The first kappa shape index (κ1) is 11.1. The van der Waals surface area contributed by atoms with Crippen molar-refractivity contribution < 1.29 is 0 Å². The zero-order valence-corrected chi connectivity index (χ0v) is 10.3. The Hall–Kier alpha value is -2.04. The van der Waals surface area contributed by atoms with Crippen LogP contribution in [0.2, 0.25) is 0 Å². The zero-order valence-electron chi connectivity index (χ0n) is 10.3. The molecule has 0 saturated heterocycles. The van der Waals surface area contributed by atoms with Gasteiger partial charge in [-0.3, -0.25) is 0 Å². The third kappa shape index (κ3) is 1.54. The molecule has 0 bridgehead atoms. The molecule has 1 aromatic heterocycles. The Bertz CT molecular complexity index is 668. The van der Waals surface area contributed by atoms with Crippen LogP contribution in [-0.2, 0) is 13.1 Å². The summed E-state index contributed by atoms with van der Waals surface area (Å²) in [6, 6.07) is 7.46. The molecule has 0 atom stereocenters. The zero-order chi connectivity index (χ0) is 12.7. The predicted octanol–water partition coefficient (Wildman–Crippen LogP) is 0.903. The van der Waals surface area contributed by atoms with Gasteiger partial charge in [-0.1, -0.05) is 12.1 Å². The van der Waals surface area contributed by atoms with E-state index in [1.807, 2.05) is 25.1 Å². The van der Waals surface area contributed by atoms with E-state index in [1.165, 1.54) is 4.57 Å². The Kier molecular flexibility index (Phi) is 2.47. The van der Waals surface area contributed by atoms with Crippen molar-refractivity contribution in [3.63, 3.8) is 0 Å². The van der Waals surface area contributed by atoms with E-state index in [4.69, 9.17) is 0 Å². The van der Waals surface area contributed by atoms with Crippen LogP contribution in [0, 0.1) is 6.92 Å². The van der Waals surface area contributed by atoms with Crippen molar-refractivity contribution in [2.24, 2.45) is 0 Å². The molecule has 1 aromatic carbocycles. The summed E-state index contributed by atoms with van der Waals surface area (Å²) >= 11 is 0. The number of hydrogen-bond donors (Lipinski definition) is 0. The van der Waals surface area contributed by atoms with E-state index in [0.717, 1.165) is 18.4 Å². The first-order chi connectivity index (χ1) is 8.68. The summed E-state index contributed by atoms with van der Waals surface area (Å²) in [5, 5.41) is 0. The van der Waals surface area contributed by atoms with Crippen LogP contribution in [-0.4, -0.2) is 13.9 Å². The molecule has 5 heteroatoms. The highest BCUT2D eigenvalue weighted by Gasteiger charge is 2.19. The minimum absolute atomic E-state index is 0.231. The van der Waals surface area contributed by atoms with Crippen molar-refractivity contribution >= 4 is 0 Å². The Labute approximate surface area is 104 Å². The van der Waals surface area contributed by atoms with Crippen molar-refractivity contribution in [1.82, 2.24) is 13.9 Å². The molecule has 0 fully saturated rings. The Morgan fingerprint density at radius 3 is 2.17 bits per heavy atom. The van der Waals surface area contributed by atoms with Gasteiger partial charge in [0.05, 0.1) is 5.69 Å². The van der Waals surface area contributed by atoms with Gasteiger partial charge in [0.15, 0.2) is 0 Å². The third-order valence-corrected chi connectivity index (χ3v) is 3.37. The summed E-state index contributed by atoms with van der Waals surface area (Å²) in [6.45, 7) is 3.21. The van der Waals surface area contributed by atoms with Crippen LogP contribution < -0.4 is 11.4 Å². The van der Waals surface area contributed by atoms with Crippen LogP contribution in [0.1, 0.15) is 18.4 Å². The number of aryl methyl sites for hydroxylation is 1. The molecule has 94 valence electrons. The lowest BCUT2D eigenvalue weighted by atomic mass is 10.2. The van der Waals surface area contributed by atoms with Gasteiger partial charge in [-0.05, 0) is 37.5 Å². The third-order valence-electron chi connectivity index (χ3n) is 3.37. The van der Waals surface area contributed by atoms with E-state index in [2.05, 4.69) is 0 Å². The minimum Gasteiger partial charge on any atom is -0.246 e. The van der Waals surface area contributed by atoms with Gasteiger partial charge in [-0.2, -0.15) is 0 Å². The Morgan fingerprint density at radius 1 is 1.00 bits per heavy atom. The second-order valence-corrected chi connectivity index (χ2v) is 4.69. The van der Waals surface area contributed by atoms with E-state index >= 15 is 0 Å². The summed E-state index contributed by atoms with van der Waals surface area (Å²) < 4.78 is 4.36. The second-order valence-electron chi connectivity index (χ2n) is 4.69. The van der Waals surface area contributed by atoms with E-state index in [1.54, 1.807) is 15.4 Å². The van der Waals surface area contributed by atoms with Crippen LogP contribution in [0.5, 0.6) is 0 Å². The van der Waals surface area contributed by atoms with Gasteiger partial charge >= 0.3 is 11.4 Å². The summed E-state index contributed by atoms with van der Waals surface area (Å²) in [5.41, 5.74) is 1.22. The average Bonchev–Trinajstić information content (AvgIpc) is 2.63. The molecular formula is C13H15N3O2. The highest BCUT2D eigenvalue weighted by Crippen LogP contribution is 2.08. The molecule has 0 unspecified atom stereocenters. The number of rotatable bonds is 1. The molecule has 2 heterocycles. The van der Waals surface area contributed by atoms with Gasteiger partial charge in [-0.15, -0.1) is 0 Å². The van der Waals surface area contributed by atoms with Crippen LogP contribution in [0.15, 0.2) is 33.9 Å². The lowest BCUT2D eigenvalue weighted by molar-refractivity contribution is 0.348. The first-order valence-corrected chi connectivity index (χ1v) is 6.18. The molecule has 3 rings (SSSR count). The van der Waals surface area contributed by atoms with Gasteiger partial charge < -0.3 is 0 Å². The molecule has 0 N–H and O–H groups in total. The average molecular weight is 245 g/mol. The molecule has 0 saturated carbocycles. The van der Waals surface area contributed by atoms with Crippen LogP contribution >= 0.6 is 0 Å². The SMILES string of the molecule is Cc1cccc(-n2c(=O)n3n(c2=O)CCCC3)c1. The number of nitrogens with zero attached hydrogens (tertiary/aromatic N) is 3. The van der Waals surface area contributed by atoms with Gasteiger partial charge in [0.2, 0.25) is 0 Å². The highest BCUT2D eigenvalue weighted by molar-refractivity contribution is 5.34. The maximum atomic E-state index is 12.3. The molecule has 5 nitrogen and oxygen atoms in total. The predicted molar refractivity (Wildman–Crippen MR) is 68.3 cm³/mol. The molecule has 18 heavy (non-hydrogen) atoms. The summed E-state index contributed by atoms with van der Waals surface area (Å²) in [6.07, 6.45) is 1.91. The van der Waals surface area contributed by atoms with Gasteiger partial charge in [0, 0.05) is 13.1 Å². The number of hydrogen-bond acceptors (Lipinski definition) is 2. The Balaban J connectivity index is 2.28. The minimum atomic E-state index is -0.231. The van der Waals surface area contributed by atoms with E-state index < -0.39 is 0 Å². The van der Waals surface area contributed by atoms with Crippen molar-refractivity contribution in [3.8, 4) is 5.69 Å². The van der Waals surface area contributed by atoms with Crippen LogP contribution in [0.25, 0.3) is 5.69 Å². The monoisotopic (exact) mass is 245 g/mol. The topological polar surface area (TPSA) is 48.9 Å². The quantitative estimate of drug-likeness (QED) is 0.749. The number of benzene rings is 1. The Morgan fingerprint density at radius 2 is 1.61 bits per heavy atom. The first-order valence-electron chi connectivity index (χ1n) is 6.18. The van der Waals surface area contributed by atoms with E-state index in [-0.39, 0.29) is 11.4 Å². The van der Waals surface area contributed by atoms with Gasteiger partial charge in [0.1, 0.15) is 0 Å². The van der Waals surface area contributed by atoms with Crippen molar-refractivity contribution in [2.75, 3.05) is 0 Å². The summed E-state index contributed by atoms with van der Waals surface area (Å²) in [4.78, 5) is 24.5. The fourth-order valence-electron chi connectivity index (χ4n) is 2.46. The smallest absolute Gasteiger partial charge is 0.246 e. The van der Waals surface area contributed by atoms with Crippen molar-refractivity contribution in [2.45, 2.75) is 32.9 Å². The highest BCUT2D eigenvalue weighted by atomic mass is 16.2. The van der Waals surface area contributed by atoms with Crippen molar-refractivity contribution in [3.05, 3.63) is 50.8 Å². The standard InChI is InChI=1S/C13H15N3O2/c1-10-5-4-6-11(9-10)16-12(17)14-7-2-3-8-15(14)13(16)18/h4-6,9H,2-3,7-8H2,1H3. The largest absolute Gasteiger partial charge is 0.351 e. The molecule has 0 radical (unpaired) electrons. The molecule has 2 aromatic rings. The molecule has 0 aliphatic carbocycles. The van der Waals surface area contributed by atoms with Crippen LogP contribution in [0.3, 0.4) is 0 Å².